The highest BCUT2D eigenvalue weighted by molar-refractivity contribution is 9.12. The second-order valence-electron chi connectivity index (χ2n) is 6.68. The molecule has 0 fully saturated rings. The third-order valence-corrected chi connectivity index (χ3v) is 5.05. The molecule has 0 atom stereocenters. The van der Waals surface area contributed by atoms with Gasteiger partial charge in [0.2, 0.25) is 0 Å². The largest absolute Gasteiger partial charge is 0.297 e. The van der Waals surface area contributed by atoms with Gasteiger partial charge in [0, 0.05) is 0 Å². The Hall–Kier alpha value is -1.15. The molecule has 0 radical (unpaired) electrons. The first-order chi connectivity index (χ1) is 10.3. The molecule has 22 heavy (non-hydrogen) atoms. The van der Waals surface area contributed by atoms with Gasteiger partial charge in [-0.15, -0.1) is 0 Å². The fraction of sp³-hybridized carbons (Fsp3) is 0.450. The van der Waals surface area contributed by atoms with Gasteiger partial charge in [-0.05, 0) is 72.5 Å². The van der Waals surface area contributed by atoms with Crippen molar-refractivity contribution in [3.05, 3.63) is 57.2 Å². The second-order valence-corrected chi connectivity index (χ2v) is 7.54. The molecular formula is C20H27BrO. The summed E-state index contributed by atoms with van der Waals surface area (Å²) in [7, 11) is 0. The normalized spacial score (nSPS) is 20.7. The van der Waals surface area contributed by atoms with E-state index >= 15 is 0 Å². The Morgan fingerprint density at radius 3 is 2.50 bits per heavy atom. The van der Waals surface area contributed by atoms with Crippen LogP contribution in [0.2, 0.25) is 0 Å². The van der Waals surface area contributed by atoms with Gasteiger partial charge in [-0.3, -0.25) is 4.79 Å². The van der Waals surface area contributed by atoms with Gasteiger partial charge < -0.3 is 0 Å². The van der Waals surface area contributed by atoms with Crippen LogP contribution in [0.5, 0.6) is 0 Å². The van der Waals surface area contributed by atoms with Crippen molar-refractivity contribution in [2.45, 2.75) is 53.9 Å². The van der Waals surface area contributed by atoms with Crippen LogP contribution in [0.3, 0.4) is 0 Å². The number of halogens is 1. The predicted molar refractivity (Wildman–Crippen MR) is 100 cm³/mol. The van der Waals surface area contributed by atoms with E-state index in [2.05, 4.69) is 61.9 Å². The Morgan fingerprint density at radius 1 is 1.23 bits per heavy atom. The van der Waals surface area contributed by atoms with E-state index < -0.39 is 0 Å². The molecule has 0 amide bonds. The van der Waals surface area contributed by atoms with Gasteiger partial charge in [0.1, 0.15) is 0 Å². The summed E-state index contributed by atoms with van der Waals surface area (Å²) in [5.74, 6) is 0. The van der Waals surface area contributed by atoms with Gasteiger partial charge in [0.25, 0.3) is 0 Å². The number of aldehydes is 1. The monoisotopic (exact) mass is 362 g/mol. The molecule has 1 nitrogen and oxygen atoms in total. The predicted octanol–water partition coefficient (Wildman–Crippen LogP) is 6.44. The van der Waals surface area contributed by atoms with E-state index in [1.807, 2.05) is 19.1 Å². The summed E-state index contributed by atoms with van der Waals surface area (Å²) in [6.07, 6.45) is 15.0. The lowest BCUT2D eigenvalue weighted by molar-refractivity contribution is -0.104. The molecule has 0 aromatic heterocycles. The van der Waals surface area contributed by atoms with Crippen molar-refractivity contribution in [1.29, 1.82) is 0 Å². The van der Waals surface area contributed by atoms with Crippen molar-refractivity contribution in [1.82, 2.24) is 0 Å². The van der Waals surface area contributed by atoms with Crippen LogP contribution in [-0.2, 0) is 4.79 Å². The second kappa shape index (κ2) is 8.47. The Balaban J connectivity index is 2.84. The van der Waals surface area contributed by atoms with Crippen LogP contribution in [0.15, 0.2) is 57.2 Å². The van der Waals surface area contributed by atoms with Crippen LogP contribution >= 0.6 is 15.9 Å². The van der Waals surface area contributed by atoms with Crippen LogP contribution in [0.4, 0.5) is 0 Å². The number of carbonyl (C=O) groups is 1. The standard InChI is InChI=1S/C20H27BrO/c1-15(8-6-9-17(3)19(21)14-22)11-12-18-16(2)10-7-13-20(18,4)5/h6,8-9,11-12,14H,7,10,13H2,1-5H3/b9-6+,12-11+,15-8+,19-17-. The van der Waals surface area contributed by atoms with E-state index in [4.69, 9.17) is 0 Å². The highest BCUT2D eigenvalue weighted by Crippen LogP contribution is 2.40. The minimum absolute atomic E-state index is 0.281. The number of rotatable bonds is 5. The third-order valence-electron chi connectivity index (χ3n) is 4.24. The quantitative estimate of drug-likeness (QED) is 0.312. The molecule has 1 rings (SSSR count). The fourth-order valence-corrected chi connectivity index (χ4v) is 2.93. The summed E-state index contributed by atoms with van der Waals surface area (Å²) >= 11 is 3.23. The molecule has 0 aliphatic heterocycles. The zero-order valence-electron chi connectivity index (χ0n) is 14.4. The Kier molecular flexibility index (Phi) is 7.28. The minimum Gasteiger partial charge on any atom is -0.297 e. The Bertz CT molecular complexity index is 569. The molecule has 0 bridgehead atoms. The first-order valence-electron chi connectivity index (χ1n) is 7.83. The summed E-state index contributed by atoms with van der Waals surface area (Å²) in [6, 6.07) is 0. The molecule has 0 saturated heterocycles. The van der Waals surface area contributed by atoms with Crippen LogP contribution in [0.1, 0.15) is 53.9 Å². The molecule has 0 aromatic carbocycles. The molecular weight excluding hydrogens is 336 g/mol. The summed E-state index contributed by atoms with van der Waals surface area (Å²) in [4.78, 5) is 10.6. The highest BCUT2D eigenvalue weighted by atomic mass is 79.9. The summed E-state index contributed by atoms with van der Waals surface area (Å²) in [5.41, 5.74) is 5.41. The van der Waals surface area contributed by atoms with Crippen molar-refractivity contribution in [3.8, 4) is 0 Å². The summed E-state index contributed by atoms with van der Waals surface area (Å²) < 4.78 is 0.593. The van der Waals surface area contributed by atoms with E-state index in [1.165, 1.54) is 36.0 Å². The Morgan fingerprint density at radius 2 is 1.91 bits per heavy atom. The SMILES string of the molecule is CC1=C(/C=C/C(C)=C/C=C/C(C)=C(\Br)C=O)C(C)(C)CCC1. The average Bonchev–Trinajstić information content (AvgIpc) is 2.45. The molecule has 0 spiro atoms. The lowest BCUT2D eigenvalue weighted by atomic mass is 9.72. The van der Waals surface area contributed by atoms with E-state index in [-0.39, 0.29) is 5.41 Å². The van der Waals surface area contributed by atoms with Gasteiger partial charge in [-0.1, -0.05) is 55.4 Å². The smallest absolute Gasteiger partial charge is 0.157 e. The van der Waals surface area contributed by atoms with Crippen molar-refractivity contribution >= 4 is 22.2 Å². The van der Waals surface area contributed by atoms with Crippen molar-refractivity contribution < 1.29 is 4.79 Å². The molecule has 0 N–H and O–H groups in total. The molecule has 0 unspecified atom stereocenters. The summed E-state index contributed by atoms with van der Waals surface area (Å²) in [5, 5.41) is 0. The first-order valence-corrected chi connectivity index (χ1v) is 8.62. The molecule has 1 aliphatic carbocycles. The van der Waals surface area contributed by atoms with Gasteiger partial charge in [0.15, 0.2) is 6.29 Å². The topological polar surface area (TPSA) is 17.1 Å². The van der Waals surface area contributed by atoms with Gasteiger partial charge in [0.05, 0.1) is 4.48 Å². The summed E-state index contributed by atoms with van der Waals surface area (Å²) in [6.45, 7) is 10.9. The lowest BCUT2D eigenvalue weighted by Crippen LogP contribution is -2.19. The molecule has 120 valence electrons. The van der Waals surface area contributed by atoms with Crippen molar-refractivity contribution in [3.63, 3.8) is 0 Å². The maximum Gasteiger partial charge on any atom is 0.157 e. The average molecular weight is 363 g/mol. The molecule has 0 heterocycles. The number of hydrogen-bond donors (Lipinski definition) is 0. The maximum atomic E-state index is 10.6. The Labute approximate surface area is 143 Å². The maximum absolute atomic E-state index is 10.6. The molecule has 0 aromatic rings. The zero-order chi connectivity index (χ0) is 16.8. The number of hydrogen-bond acceptors (Lipinski definition) is 1. The van der Waals surface area contributed by atoms with Crippen LogP contribution in [-0.4, -0.2) is 6.29 Å². The van der Waals surface area contributed by atoms with Crippen molar-refractivity contribution in [2.24, 2.45) is 5.41 Å². The van der Waals surface area contributed by atoms with Gasteiger partial charge in [-0.2, -0.15) is 0 Å². The molecule has 1 aliphatic rings. The third kappa shape index (κ3) is 5.57. The fourth-order valence-electron chi connectivity index (χ4n) is 2.80. The van der Waals surface area contributed by atoms with Crippen LogP contribution < -0.4 is 0 Å². The first kappa shape index (κ1) is 18.9. The molecule has 2 heteroatoms. The van der Waals surface area contributed by atoms with E-state index in [9.17, 15) is 4.79 Å². The zero-order valence-corrected chi connectivity index (χ0v) is 16.0. The number of allylic oxidation sites excluding steroid dienone is 10. The molecule has 0 saturated carbocycles. The van der Waals surface area contributed by atoms with E-state index in [0.29, 0.717) is 4.48 Å². The van der Waals surface area contributed by atoms with Gasteiger partial charge in [-0.25, -0.2) is 0 Å². The van der Waals surface area contributed by atoms with Crippen LogP contribution in [0, 0.1) is 5.41 Å². The lowest BCUT2D eigenvalue weighted by Gasteiger charge is -2.32. The number of carbonyl (C=O) groups excluding carboxylic acids is 1. The highest BCUT2D eigenvalue weighted by Gasteiger charge is 2.26. The van der Waals surface area contributed by atoms with Gasteiger partial charge >= 0.3 is 0 Å². The van der Waals surface area contributed by atoms with Crippen molar-refractivity contribution in [2.75, 3.05) is 0 Å². The van der Waals surface area contributed by atoms with E-state index in [0.717, 1.165) is 11.9 Å². The van der Waals surface area contributed by atoms with Crippen LogP contribution in [0.25, 0.3) is 0 Å². The minimum atomic E-state index is 0.281. The van der Waals surface area contributed by atoms with E-state index in [1.54, 1.807) is 0 Å².